The molecule has 5 nitrogen and oxygen atoms in total. The standard InChI is InChI=1S/C14H17NO4/c1-8(2)11-9(5-6-14(3,4)19)15-10(7-16)12(11)13(17)18/h7-8,15,19H,1-4H3,(H,17,18). The van der Waals surface area contributed by atoms with Crippen molar-refractivity contribution in [1.82, 2.24) is 4.98 Å². The Hall–Kier alpha value is -2.06. The number of H-pyrrole nitrogens is 1. The van der Waals surface area contributed by atoms with Crippen LogP contribution in [0.2, 0.25) is 0 Å². The van der Waals surface area contributed by atoms with E-state index in [1.165, 1.54) is 13.8 Å². The SMILES string of the molecule is CC(C)c1c(C#CC(C)(C)O)[nH]c(C=O)c1C(=O)O. The lowest BCUT2D eigenvalue weighted by molar-refractivity contribution is 0.0692. The summed E-state index contributed by atoms with van der Waals surface area (Å²) in [6.45, 7) is 6.69. The number of rotatable bonds is 3. The molecule has 1 aromatic heterocycles. The van der Waals surface area contributed by atoms with Crippen LogP contribution >= 0.6 is 0 Å². The van der Waals surface area contributed by atoms with Crippen molar-refractivity contribution in [3.8, 4) is 11.8 Å². The monoisotopic (exact) mass is 263 g/mol. The second-order valence-electron chi connectivity index (χ2n) is 5.09. The van der Waals surface area contributed by atoms with Crippen LogP contribution in [0.15, 0.2) is 0 Å². The molecule has 0 spiro atoms. The molecule has 0 aliphatic rings. The highest BCUT2D eigenvalue weighted by Crippen LogP contribution is 2.26. The molecule has 0 saturated carbocycles. The Morgan fingerprint density at radius 2 is 2.00 bits per heavy atom. The summed E-state index contributed by atoms with van der Waals surface area (Å²) in [4.78, 5) is 24.9. The number of aromatic carboxylic acids is 1. The number of hydrogen-bond acceptors (Lipinski definition) is 3. The molecule has 0 aliphatic heterocycles. The first-order valence-corrected chi connectivity index (χ1v) is 5.87. The lowest BCUT2D eigenvalue weighted by atomic mass is 9.97. The predicted molar refractivity (Wildman–Crippen MR) is 70.4 cm³/mol. The van der Waals surface area contributed by atoms with Gasteiger partial charge in [-0.05, 0) is 25.7 Å². The number of carboxylic acid groups (broad SMARTS) is 1. The number of hydrogen-bond donors (Lipinski definition) is 3. The van der Waals surface area contributed by atoms with Crippen LogP contribution in [0.25, 0.3) is 0 Å². The lowest BCUT2D eigenvalue weighted by Gasteiger charge is -2.07. The summed E-state index contributed by atoms with van der Waals surface area (Å²) in [6, 6.07) is 0. The first-order chi connectivity index (χ1) is 8.67. The van der Waals surface area contributed by atoms with E-state index >= 15 is 0 Å². The Balaban J connectivity index is 3.52. The van der Waals surface area contributed by atoms with Gasteiger partial charge in [-0.25, -0.2) is 4.79 Å². The fourth-order valence-corrected chi connectivity index (χ4v) is 1.74. The Bertz CT molecular complexity index is 565. The molecule has 3 N–H and O–H groups in total. The Kier molecular flexibility index (Phi) is 4.17. The van der Waals surface area contributed by atoms with Crippen LogP contribution in [0.5, 0.6) is 0 Å². The van der Waals surface area contributed by atoms with Crippen molar-refractivity contribution >= 4 is 12.3 Å². The largest absolute Gasteiger partial charge is 0.478 e. The third-order valence-corrected chi connectivity index (χ3v) is 2.47. The minimum atomic E-state index is -1.19. The van der Waals surface area contributed by atoms with E-state index in [-0.39, 0.29) is 17.2 Å². The molecule has 5 heteroatoms. The third kappa shape index (κ3) is 3.46. The van der Waals surface area contributed by atoms with E-state index < -0.39 is 11.6 Å². The van der Waals surface area contributed by atoms with Gasteiger partial charge >= 0.3 is 5.97 Å². The maximum atomic E-state index is 11.2. The first kappa shape index (κ1) is 15.0. The third-order valence-electron chi connectivity index (χ3n) is 2.47. The van der Waals surface area contributed by atoms with E-state index in [0.29, 0.717) is 17.5 Å². The van der Waals surface area contributed by atoms with Gasteiger partial charge in [-0.1, -0.05) is 19.8 Å². The number of carboxylic acids is 1. The topological polar surface area (TPSA) is 90.4 Å². The van der Waals surface area contributed by atoms with Gasteiger partial charge in [0.25, 0.3) is 0 Å². The highest BCUT2D eigenvalue weighted by molar-refractivity contribution is 5.98. The van der Waals surface area contributed by atoms with Crippen LogP contribution in [0, 0.1) is 11.8 Å². The number of nitrogens with one attached hydrogen (secondary N) is 1. The van der Waals surface area contributed by atoms with Crippen molar-refractivity contribution in [2.24, 2.45) is 0 Å². The smallest absolute Gasteiger partial charge is 0.338 e. The quantitative estimate of drug-likeness (QED) is 0.572. The molecule has 0 unspecified atom stereocenters. The van der Waals surface area contributed by atoms with Gasteiger partial charge in [0.2, 0.25) is 0 Å². The molecule has 0 amide bonds. The van der Waals surface area contributed by atoms with Gasteiger partial charge in [0.05, 0.1) is 17.0 Å². The lowest BCUT2D eigenvalue weighted by Crippen LogP contribution is -2.14. The number of aromatic amines is 1. The van der Waals surface area contributed by atoms with Gasteiger partial charge in [0.15, 0.2) is 6.29 Å². The fraction of sp³-hybridized carbons (Fsp3) is 0.429. The van der Waals surface area contributed by atoms with E-state index in [9.17, 15) is 19.8 Å². The van der Waals surface area contributed by atoms with Crippen LogP contribution in [0.1, 0.15) is 65.7 Å². The number of carbonyl (C=O) groups is 2. The molecular weight excluding hydrogens is 246 g/mol. The van der Waals surface area contributed by atoms with Crippen molar-refractivity contribution in [2.75, 3.05) is 0 Å². The van der Waals surface area contributed by atoms with Crippen molar-refractivity contribution in [1.29, 1.82) is 0 Å². The Morgan fingerprint density at radius 1 is 1.42 bits per heavy atom. The van der Waals surface area contributed by atoms with E-state index in [1.807, 2.05) is 13.8 Å². The summed E-state index contributed by atoms with van der Waals surface area (Å²) in [6.07, 6.45) is 0.463. The van der Waals surface area contributed by atoms with Crippen LogP contribution < -0.4 is 0 Å². The van der Waals surface area contributed by atoms with Gasteiger partial charge in [0, 0.05) is 5.56 Å². The summed E-state index contributed by atoms with van der Waals surface area (Å²) in [5, 5.41) is 18.8. The number of aliphatic hydroxyl groups is 1. The van der Waals surface area contributed by atoms with Gasteiger partial charge in [-0.2, -0.15) is 0 Å². The van der Waals surface area contributed by atoms with Crippen molar-refractivity contribution in [3.05, 3.63) is 22.5 Å². The van der Waals surface area contributed by atoms with Crippen LogP contribution in [-0.2, 0) is 0 Å². The average molecular weight is 263 g/mol. The Labute approximate surface area is 111 Å². The molecule has 0 atom stereocenters. The first-order valence-electron chi connectivity index (χ1n) is 5.87. The summed E-state index contributed by atoms with van der Waals surface area (Å²) >= 11 is 0. The number of aromatic nitrogens is 1. The van der Waals surface area contributed by atoms with E-state index in [0.717, 1.165) is 0 Å². The van der Waals surface area contributed by atoms with Crippen LogP contribution in [0.3, 0.4) is 0 Å². The zero-order valence-corrected chi connectivity index (χ0v) is 11.4. The second-order valence-corrected chi connectivity index (χ2v) is 5.09. The van der Waals surface area contributed by atoms with Crippen LogP contribution in [0.4, 0.5) is 0 Å². The highest BCUT2D eigenvalue weighted by atomic mass is 16.4. The minimum absolute atomic E-state index is 0.00348. The van der Waals surface area contributed by atoms with Crippen molar-refractivity contribution < 1.29 is 19.8 Å². The predicted octanol–water partition coefficient (Wildman–Crippen LogP) is 1.77. The van der Waals surface area contributed by atoms with Gasteiger partial charge in [0.1, 0.15) is 5.60 Å². The number of carbonyl (C=O) groups excluding carboxylic acids is 1. The second kappa shape index (κ2) is 5.29. The number of aldehydes is 1. The summed E-state index contributed by atoms with van der Waals surface area (Å²) in [5.41, 5.74) is -0.409. The van der Waals surface area contributed by atoms with Gasteiger partial charge in [-0.15, -0.1) is 0 Å². The molecule has 1 aromatic rings. The van der Waals surface area contributed by atoms with Crippen molar-refractivity contribution in [2.45, 2.75) is 39.2 Å². The minimum Gasteiger partial charge on any atom is -0.478 e. The molecule has 0 aromatic carbocycles. The molecular formula is C14H17NO4. The normalized spacial score (nSPS) is 11.1. The molecule has 19 heavy (non-hydrogen) atoms. The maximum Gasteiger partial charge on any atom is 0.338 e. The highest BCUT2D eigenvalue weighted by Gasteiger charge is 2.23. The van der Waals surface area contributed by atoms with E-state index in [2.05, 4.69) is 16.8 Å². The summed E-state index contributed by atoms with van der Waals surface area (Å²) < 4.78 is 0. The van der Waals surface area contributed by atoms with Crippen LogP contribution in [-0.4, -0.2) is 33.1 Å². The van der Waals surface area contributed by atoms with E-state index in [4.69, 9.17) is 0 Å². The average Bonchev–Trinajstić information content (AvgIpc) is 2.63. The molecule has 1 rings (SSSR count). The molecule has 102 valence electrons. The maximum absolute atomic E-state index is 11.2. The molecule has 0 radical (unpaired) electrons. The summed E-state index contributed by atoms with van der Waals surface area (Å²) in [7, 11) is 0. The molecule has 0 fully saturated rings. The molecule has 0 saturated heterocycles. The zero-order valence-electron chi connectivity index (χ0n) is 11.4. The van der Waals surface area contributed by atoms with Gasteiger partial charge in [-0.3, -0.25) is 4.79 Å². The van der Waals surface area contributed by atoms with Gasteiger partial charge < -0.3 is 15.2 Å². The zero-order chi connectivity index (χ0) is 14.8. The van der Waals surface area contributed by atoms with E-state index in [1.54, 1.807) is 0 Å². The fourth-order valence-electron chi connectivity index (χ4n) is 1.74. The molecule has 0 bridgehead atoms. The Morgan fingerprint density at radius 3 is 2.37 bits per heavy atom. The van der Waals surface area contributed by atoms with Crippen molar-refractivity contribution in [3.63, 3.8) is 0 Å². The summed E-state index contributed by atoms with van der Waals surface area (Å²) in [5.74, 6) is 4.03. The molecule has 0 aliphatic carbocycles. The molecule has 1 heterocycles.